The van der Waals surface area contributed by atoms with Crippen molar-refractivity contribution >= 4 is 49.0 Å². The molecule has 350 valence electrons. The molecule has 0 aliphatic heterocycles. The molecule has 0 aromatic rings. The number of aliphatic carboxylic acids is 1. The molecule has 18 nitrogen and oxygen atoms in total. The lowest BCUT2D eigenvalue weighted by Crippen LogP contribution is -2.42. The van der Waals surface area contributed by atoms with Crippen molar-refractivity contribution in [1.29, 1.82) is 0 Å². The van der Waals surface area contributed by atoms with E-state index in [9.17, 15) is 33.6 Å². The van der Waals surface area contributed by atoms with Gasteiger partial charge in [-0.2, -0.15) is 0 Å². The first-order valence-corrected chi connectivity index (χ1v) is 22.4. The lowest BCUT2D eigenvalue weighted by atomic mass is 10.0. The van der Waals surface area contributed by atoms with E-state index in [1.54, 1.807) is 0 Å². The summed E-state index contributed by atoms with van der Waals surface area (Å²) in [7, 11) is 4.97. The monoisotopic (exact) mass is 869 g/mol. The normalized spacial score (nSPS) is 11.4. The van der Waals surface area contributed by atoms with E-state index in [0.29, 0.717) is 64.8 Å². The average molecular weight is 869 g/mol. The molecular formula is C42H77BN6O12. The zero-order valence-corrected chi connectivity index (χ0v) is 36.7. The van der Waals surface area contributed by atoms with Crippen LogP contribution in [-0.2, 0) is 52.5 Å². The number of ether oxygens (including phenoxy) is 4. The van der Waals surface area contributed by atoms with Crippen molar-refractivity contribution in [2.45, 2.75) is 141 Å². The van der Waals surface area contributed by atoms with Gasteiger partial charge in [0.15, 0.2) is 7.85 Å². The largest absolute Gasteiger partial charge is 0.481 e. The van der Waals surface area contributed by atoms with Gasteiger partial charge in [-0.15, -0.1) is 0 Å². The Bertz CT molecular complexity index is 1190. The Morgan fingerprint density at radius 2 is 0.836 bits per heavy atom. The minimum Gasteiger partial charge on any atom is -0.481 e. The molecule has 0 saturated heterocycles. The Morgan fingerprint density at radius 1 is 0.443 bits per heavy atom. The van der Waals surface area contributed by atoms with E-state index >= 15 is 0 Å². The van der Waals surface area contributed by atoms with E-state index in [1.165, 1.54) is 51.4 Å². The van der Waals surface area contributed by atoms with E-state index < -0.39 is 23.6 Å². The van der Waals surface area contributed by atoms with E-state index in [1.807, 2.05) is 0 Å². The Morgan fingerprint density at radius 3 is 1.33 bits per heavy atom. The number of carboxylic acids is 1. The molecule has 0 fully saturated rings. The van der Waals surface area contributed by atoms with Crippen molar-refractivity contribution in [2.75, 3.05) is 85.6 Å². The lowest BCUT2D eigenvalue weighted by molar-refractivity contribution is -0.137. The second kappa shape index (κ2) is 43.0. The molecule has 0 unspecified atom stereocenters. The van der Waals surface area contributed by atoms with Gasteiger partial charge in [-0.1, -0.05) is 77.0 Å². The molecule has 0 aromatic carbocycles. The second-order valence-electron chi connectivity index (χ2n) is 15.0. The number of carboxylic acid groups (broad SMARTS) is 1. The maximum atomic E-state index is 12.1. The Kier molecular flexibility index (Phi) is 40.5. The number of nitrogens with two attached hydrogens (primary N) is 1. The Labute approximate surface area is 364 Å². The van der Waals surface area contributed by atoms with E-state index in [2.05, 4.69) is 26.6 Å². The summed E-state index contributed by atoms with van der Waals surface area (Å²) >= 11 is 0. The fourth-order valence-corrected chi connectivity index (χ4v) is 5.89. The van der Waals surface area contributed by atoms with Crippen LogP contribution in [0.1, 0.15) is 135 Å². The molecule has 1 atom stereocenters. The van der Waals surface area contributed by atoms with Crippen molar-refractivity contribution in [2.24, 2.45) is 5.73 Å². The zero-order valence-electron chi connectivity index (χ0n) is 36.7. The summed E-state index contributed by atoms with van der Waals surface area (Å²) < 4.78 is 21.4. The highest BCUT2D eigenvalue weighted by atomic mass is 16.5. The summed E-state index contributed by atoms with van der Waals surface area (Å²) in [4.78, 5) is 80.7. The third-order valence-electron chi connectivity index (χ3n) is 9.33. The fraction of sp³-hybridized carbons (Fsp3) is 0.833. The number of hydrogen-bond acceptors (Lipinski definition) is 12. The molecule has 5 amide bonds. The third kappa shape index (κ3) is 44.2. The number of carbonyl (C=O) groups excluding carboxylic acids is 6. The molecular weight excluding hydrogens is 791 g/mol. The quantitative estimate of drug-likeness (QED) is 0.0341. The molecule has 0 spiro atoms. The SMILES string of the molecule is [B]C(=O)CNC(=O)[C@@H](N)CCCCNC(=O)COCCOCCNC(=O)COCCOCCNC(=O)CCCNC(=O)CCCCCCCCCCCCCCCCC(=O)O. The fourth-order valence-electron chi connectivity index (χ4n) is 5.89. The highest BCUT2D eigenvalue weighted by Crippen LogP contribution is 2.14. The smallest absolute Gasteiger partial charge is 0.303 e. The number of hydrogen-bond donors (Lipinski definition) is 7. The van der Waals surface area contributed by atoms with Crippen LogP contribution >= 0.6 is 0 Å². The number of carbonyl (C=O) groups is 7. The highest BCUT2D eigenvalue weighted by Gasteiger charge is 2.13. The number of nitrogens with one attached hydrogen (secondary N) is 5. The predicted octanol–water partition coefficient (Wildman–Crippen LogP) is 1.93. The first kappa shape index (κ1) is 57.4. The van der Waals surface area contributed by atoms with Gasteiger partial charge in [0.1, 0.15) is 13.2 Å². The lowest BCUT2D eigenvalue weighted by Gasteiger charge is -2.11. The van der Waals surface area contributed by atoms with Crippen LogP contribution in [0, 0.1) is 0 Å². The summed E-state index contributed by atoms with van der Waals surface area (Å²) in [5.41, 5.74) is 5.10. The van der Waals surface area contributed by atoms with Gasteiger partial charge in [-0.05, 0) is 38.5 Å². The van der Waals surface area contributed by atoms with Gasteiger partial charge in [0, 0.05) is 45.4 Å². The predicted molar refractivity (Wildman–Crippen MR) is 232 cm³/mol. The summed E-state index contributed by atoms with van der Waals surface area (Å²) in [5.74, 6) is -1.80. The second-order valence-corrected chi connectivity index (χ2v) is 15.0. The Hall–Kier alpha value is -3.65. The van der Waals surface area contributed by atoms with Crippen LogP contribution in [0.15, 0.2) is 0 Å². The first-order chi connectivity index (χ1) is 29.5. The molecule has 8 N–H and O–H groups in total. The standard InChI is InChI=1S/C42H77BN6O12/c43-36(50)32-49-42(57)35(44)18-15-16-22-46-39(53)33-60-30-29-59-27-25-48-40(54)34-61-31-28-58-26-24-47-38(52)20-17-23-45-37(51)19-13-11-9-7-5-3-1-2-4-6-8-10-12-14-21-41(55)56/h35H,1-34,44H2,(H,45,51)(H,46,53)(H,47,52)(H,48,54)(H,49,57)(H,55,56)/t35-/m0/s1. The first-order valence-electron chi connectivity index (χ1n) is 22.4. The van der Waals surface area contributed by atoms with Crippen LogP contribution in [0.4, 0.5) is 0 Å². The average Bonchev–Trinajstić information content (AvgIpc) is 3.22. The molecule has 2 radical (unpaired) electrons. The van der Waals surface area contributed by atoms with E-state index in [-0.39, 0.29) is 89.4 Å². The molecule has 0 bridgehead atoms. The topological polar surface area (TPSA) is 263 Å². The van der Waals surface area contributed by atoms with Crippen molar-refractivity contribution in [3.05, 3.63) is 0 Å². The Balaban J connectivity index is 3.43. The molecule has 0 aromatic heterocycles. The van der Waals surface area contributed by atoms with Gasteiger partial charge >= 0.3 is 5.97 Å². The summed E-state index contributed by atoms with van der Waals surface area (Å²) in [6.07, 6.45) is 19.4. The number of unbranched alkanes of at least 4 members (excludes halogenated alkanes) is 14. The summed E-state index contributed by atoms with van der Waals surface area (Å²) in [6, 6.07) is -0.751. The van der Waals surface area contributed by atoms with Gasteiger partial charge in [0.05, 0.1) is 57.9 Å². The van der Waals surface area contributed by atoms with Crippen molar-refractivity contribution in [3.63, 3.8) is 0 Å². The van der Waals surface area contributed by atoms with Crippen LogP contribution in [0.25, 0.3) is 0 Å². The van der Waals surface area contributed by atoms with Gasteiger partial charge in [0.25, 0.3) is 0 Å². The van der Waals surface area contributed by atoms with Crippen LogP contribution in [-0.4, -0.2) is 146 Å². The molecule has 19 heteroatoms. The van der Waals surface area contributed by atoms with Crippen molar-refractivity contribution < 1.29 is 57.6 Å². The van der Waals surface area contributed by atoms with E-state index in [0.717, 1.165) is 38.5 Å². The minimum absolute atomic E-state index is 0.0309. The third-order valence-corrected chi connectivity index (χ3v) is 9.33. The molecule has 61 heavy (non-hydrogen) atoms. The number of amides is 5. The number of rotatable bonds is 45. The molecule has 0 rings (SSSR count). The minimum atomic E-state index is -0.751. The van der Waals surface area contributed by atoms with Crippen LogP contribution in [0.3, 0.4) is 0 Å². The van der Waals surface area contributed by atoms with Crippen molar-refractivity contribution in [3.8, 4) is 0 Å². The van der Waals surface area contributed by atoms with Gasteiger partial charge in [-0.3, -0.25) is 28.8 Å². The zero-order chi connectivity index (χ0) is 45.0. The molecule has 0 aliphatic rings. The van der Waals surface area contributed by atoms with Gasteiger partial charge in [-0.25, -0.2) is 0 Å². The van der Waals surface area contributed by atoms with Gasteiger partial charge < -0.3 is 61.2 Å². The van der Waals surface area contributed by atoms with E-state index in [4.69, 9.17) is 37.6 Å². The maximum Gasteiger partial charge on any atom is 0.303 e. The summed E-state index contributed by atoms with van der Waals surface area (Å²) in [6.45, 7) is 2.52. The van der Waals surface area contributed by atoms with Crippen molar-refractivity contribution in [1.82, 2.24) is 26.6 Å². The molecule has 0 aliphatic carbocycles. The van der Waals surface area contributed by atoms with Crippen LogP contribution < -0.4 is 32.3 Å². The molecule has 0 saturated carbocycles. The summed E-state index contributed by atoms with van der Waals surface area (Å²) in [5, 5.41) is 22.0. The van der Waals surface area contributed by atoms with Crippen LogP contribution in [0.2, 0.25) is 0 Å². The molecule has 0 heterocycles. The highest BCUT2D eigenvalue weighted by molar-refractivity contribution is 6.58. The van der Waals surface area contributed by atoms with Crippen LogP contribution in [0.5, 0.6) is 0 Å². The maximum absolute atomic E-state index is 12.1. The van der Waals surface area contributed by atoms with Gasteiger partial charge in [0.2, 0.25) is 29.5 Å².